The van der Waals surface area contributed by atoms with Crippen LogP contribution < -0.4 is 16.0 Å². The number of rotatable bonds is 6. The summed E-state index contributed by atoms with van der Waals surface area (Å²) in [6, 6.07) is 6.93. The van der Waals surface area contributed by atoms with E-state index >= 15 is 0 Å². The summed E-state index contributed by atoms with van der Waals surface area (Å²) in [5.41, 5.74) is 1.36. The van der Waals surface area contributed by atoms with Crippen molar-refractivity contribution in [2.45, 2.75) is 44.6 Å². The van der Waals surface area contributed by atoms with Crippen molar-refractivity contribution < 1.29 is 9.59 Å². The van der Waals surface area contributed by atoms with Crippen molar-refractivity contribution in [3.63, 3.8) is 0 Å². The summed E-state index contributed by atoms with van der Waals surface area (Å²) < 4.78 is 1.95. The maximum Gasteiger partial charge on any atom is 0.319 e. The topological polar surface area (TPSA) is 88.1 Å². The smallest absolute Gasteiger partial charge is 0.319 e. The Morgan fingerprint density at radius 1 is 1.11 bits per heavy atom. The fourth-order valence-corrected chi connectivity index (χ4v) is 3.92. The molecular formula is C21H27N5O2. The quantitative estimate of drug-likeness (QED) is 0.711. The van der Waals surface area contributed by atoms with Gasteiger partial charge in [0.1, 0.15) is 5.82 Å². The first-order chi connectivity index (χ1) is 13.6. The van der Waals surface area contributed by atoms with Crippen molar-refractivity contribution in [2.75, 3.05) is 10.6 Å². The highest BCUT2D eigenvalue weighted by Gasteiger charge is 2.35. The number of nitrogens with one attached hydrogen (secondary N) is 3. The number of carbonyl (C=O) groups is 2. The second kappa shape index (κ2) is 8.04. The maximum atomic E-state index is 12.6. The molecule has 1 heterocycles. The standard InChI is InChI=1S/C21H27N5O2/c1-26-12-11-22-19(26)18(14-9-10-14)25-21(28)24-17-8-4-7-16(13-17)23-20(27)15-5-2-3-6-15/h4,7-8,11-15,18H,2-3,5-6,9-10H2,1H3,(H,23,27)(H2,24,25,28)/t18-/m0/s1. The number of aromatic nitrogens is 2. The third-order valence-corrected chi connectivity index (χ3v) is 5.63. The normalized spacial score (nSPS) is 17.9. The molecule has 0 saturated heterocycles. The van der Waals surface area contributed by atoms with Gasteiger partial charge in [0.05, 0.1) is 6.04 Å². The lowest BCUT2D eigenvalue weighted by Gasteiger charge is -2.19. The first kappa shape index (κ1) is 18.5. The number of benzene rings is 1. The summed E-state index contributed by atoms with van der Waals surface area (Å²) in [6.07, 6.45) is 10.0. The molecule has 3 N–H and O–H groups in total. The van der Waals surface area contributed by atoms with Crippen molar-refractivity contribution in [2.24, 2.45) is 18.9 Å². The van der Waals surface area contributed by atoms with Gasteiger partial charge in [0, 0.05) is 36.7 Å². The minimum absolute atomic E-state index is 0.0719. The molecule has 2 fully saturated rings. The summed E-state index contributed by atoms with van der Waals surface area (Å²) in [4.78, 5) is 29.3. The number of nitrogens with zero attached hydrogens (tertiary/aromatic N) is 2. The van der Waals surface area contributed by atoms with Gasteiger partial charge in [-0.2, -0.15) is 0 Å². The molecule has 28 heavy (non-hydrogen) atoms. The molecule has 3 amide bonds. The molecule has 0 bridgehead atoms. The summed E-state index contributed by atoms with van der Waals surface area (Å²) in [6.45, 7) is 0. The van der Waals surface area contributed by atoms with Crippen LogP contribution in [-0.4, -0.2) is 21.5 Å². The summed E-state index contributed by atoms with van der Waals surface area (Å²) in [5, 5.41) is 8.91. The maximum absolute atomic E-state index is 12.6. The molecule has 7 nitrogen and oxygen atoms in total. The fraction of sp³-hybridized carbons (Fsp3) is 0.476. The molecule has 1 atom stereocenters. The Kier molecular flexibility index (Phi) is 5.32. The van der Waals surface area contributed by atoms with Crippen LogP contribution in [0.5, 0.6) is 0 Å². The Morgan fingerprint density at radius 3 is 2.46 bits per heavy atom. The average Bonchev–Trinajstić information content (AvgIpc) is 3.18. The van der Waals surface area contributed by atoms with E-state index in [2.05, 4.69) is 20.9 Å². The predicted molar refractivity (Wildman–Crippen MR) is 108 cm³/mol. The number of hydrogen-bond donors (Lipinski definition) is 3. The molecule has 2 aliphatic carbocycles. The molecular weight excluding hydrogens is 354 g/mol. The van der Waals surface area contributed by atoms with Gasteiger partial charge in [-0.3, -0.25) is 4.79 Å². The van der Waals surface area contributed by atoms with Crippen molar-refractivity contribution >= 4 is 23.3 Å². The molecule has 1 aromatic heterocycles. The van der Waals surface area contributed by atoms with E-state index in [9.17, 15) is 9.59 Å². The van der Waals surface area contributed by atoms with Gasteiger partial charge in [-0.05, 0) is 49.8 Å². The number of carbonyl (C=O) groups excluding carboxylic acids is 2. The van der Waals surface area contributed by atoms with E-state index in [4.69, 9.17) is 0 Å². The molecule has 2 aromatic rings. The zero-order valence-corrected chi connectivity index (χ0v) is 16.1. The van der Waals surface area contributed by atoms with E-state index < -0.39 is 0 Å². The summed E-state index contributed by atoms with van der Waals surface area (Å²) in [5.74, 6) is 1.48. The molecule has 0 unspecified atom stereocenters. The first-order valence-electron chi connectivity index (χ1n) is 10.1. The van der Waals surface area contributed by atoms with Gasteiger partial charge in [-0.15, -0.1) is 0 Å². The SMILES string of the molecule is Cn1ccnc1[C@@H](NC(=O)Nc1cccc(NC(=O)C2CCCC2)c1)C1CC1. The summed E-state index contributed by atoms with van der Waals surface area (Å²) in [7, 11) is 1.94. The second-order valence-electron chi connectivity index (χ2n) is 7.86. The van der Waals surface area contributed by atoms with Gasteiger partial charge in [0.25, 0.3) is 0 Å². The number of amides is 3. The number of aryl methyl sites for hydroxylation is 1. The molecule has 148 valence electrons. The highest BCUT2D eigenvalue weighted by atomic mass is 16.2. The number of anilines is 2. The molecule has 4 rings (SSSR count). The van der Waals surface area contributed by atoms with Crippen molar-refractivity contribution in [3.8, 4) is 0 Å². The Bertz CT molecular complexity index is 852. The molecule has 2 aliphatic rings. The van der Waals surface area contributed by atoms with Crippen molar-refractivity contribution in [1.29, 1.82) is 0 Å². The van der Waals surface area contributed by atoms with E-state index in [-0.39, 0.29) is 23.9 Å². The third kappa shape index (κ3) is 4.35. The van der Waals surface area contributed by atoms with Crippen LogP contribution in [0.1, 0.15) is 50.4 Å². The predicted octanol–water partition coefficient (Wildman–Crippen LogP) is 3.82. The fourth-order valence-electron chi connectivity index (χ4n) is 3.92. The molecule has 0 spiro atoms. The van der Waals surface area contributed by atoms with Gasteiger partial charge in [-0.1, -0.05) is 18.9 Å². The number of urea groups is 1. The number of hydrogen-bond acceptors (Lipinski definition) is 3. The van der Waals surface area contributed by atoms with Gasteiger partial charge in [-0.25, -0.2) is 9.78 Å². The van der Waals surface area contributed by atoms with E-state index in [1.807, 2.05) is 36.0 Å². The minimum Gasteiger partial charge on any atom is -0.336 e. The van der Waals surface area contributed by atoms with Gasteiger partial charge >= 0.3 is 6.03 Å². The van der Waals surface area contributed by atoms with Crippen molar-refractivity contribution in [1.82, 2.24) is 14.9 Å². The molecule has 7 heteroatoms. The van der Waals surface area contributed by atoms with E-state index in [1.165, 1.54) is 0 Å². The largest absolute Gasteiger partial charge is 0.336 e. The monoisotopic (exact) mass is 381 g/mol. The van der Waals surface area contributed by atoms with E-state index in [1.54, 1.807) is 12.3 Å². The molecule has 1 aromatic carbocycles. The molecule has 0 radical (unpaired) electrons. The van der Waals surface area contributed by atoms with E-state index in [0.29, 0.717) is 17.3 Å². The Morgan fingerprint density at radius 2 is 1.82 bits per heavy atom. The molecule has 2 saturated carbocycles. The van der Waals surface area contributed by atoms with Crippen LogP contribution in [0, 0.1) is 11.8 Å². The van der Waals surface area contributed by atoms with Crippen LogP contribution in [0.15, 0.2) is 36.7 Å². The van der Waals surface area contributed by atoms with Gasteiger partial charge in [0.2, 0.25) is 5.91 Å². The lowest BCUT2D eigenvalue weighted by atomic mass is 10.1. The van der Waals surface area contributed by atoms with Crippen molar-refractivity contribution in [3.05, 3.63) is 42.5 Å². The third-order valence-electron chi connectivity index (χ3n) is 5.63. The highest BCUT2D eigenvalue weighted by Crippen LogP contribution is 2.40. The Hall–Kier alpha value is -2.83. The first-order valence-corrected chi connectivity index (χ1v) is 10.1. The Balaban J connectivity index is 1.37. The van der Waals surface area contributed by atoms with Crippen LogP contribution >= 0.6 is 0 Å². The van der Waals surface area contributed by atoms with Crippen LogP contribution in [0.4, 0.5) is 16.2 Å². The molecule has 0 aliphatic heterocycles. The van der Waals surface area contributed by atoms with Crippen LogP contribution in [0.2, 0.25) is 0 Å². The zero-order chi connectivity index (χ0) is 19.5. The lowest BCUT2D eigenvalue weighted by Crippen LogP contribution is -2.35. The van der Waals surface area contributed by atoms with Gasteiger partial charge in [0.15, 0.2) is 0 Å². The second-order valence-corrected chi connectivity index (χ2v) is 7.86. The lowest BCUT2D eigenvalue weighted by molar-refractivity contribution is -0.119. The van der Waals surface area contributed by atoms with Crippen LogP contribution in [-0.2, 0) is 11.8 Å². The van der Waals surface area contributed by atoms with E-state index in [0.717, 1.165) is 44.3 Å². The Labute approximate surface area is 164 Å². The van der Waals surface area contributed by atoms with Crippen LogP contribution in [0.3, 0.4) is 0 Å². The number of imidazole rings is 1. The van der Waals surface area contributed by atoms with Crippen LogP contribution in [0.25, 0.3) is 0 Å². The highest BCUT2D eigenvalue weighted by molar-refractivity contribution is 5.94. The van der Waals surface area contributed by atoms with Gasteiger partial charge < -0.3 is 20.5 Å². The average molecular weight is 381 g/mol. The minimum atomic E-state index is -0.265. The zero-order valence-electron chi connectivity index (χ0n) is 16.1. The summed E-state index contributed by atoms with van der Waals surface area (Å²) >= 11 is 0.